The fraction of sp³-hybridized carbons (Fsp3) is 0.182. The molecule has 0 aliphatic rings. The average molecular weight is 226 g/mol. The fourth-order valence-electron chi connectivity index (χ4n) is 1.02. The van der Waals surface area contributed by atoms with Crippen LogP contribution in [-0.2, 0) is 0 Å². The Kier molecular flexibility index (Phi) is 3.74. The van der Waals surface area contributed by atoms with E-state index in [-0.39, 0.29) is 17.1 Å². The summed E-state index contributed by atoms with van der Waals surface area (Å²) >= 11 is 5.65. The van der Waals surface area contributed by atoms with E-state index >= 15 is 0 Å². The van der Waals surface area contributed by atoms with Gasteiger partial charge in [-0.1, -0.05) is 11.6 Å². The third kappa shape index (κ3) is 3.29. The minimum absolute atomic E-state index is 0.101. The topological polar surface area (TPSA) is 40.5 Å². The predicted molar refractivity (Wildman–Crippen MR) is 60.3 cm³/mol. The summed E-state index contributed by atoms with van der Waals surface area (Å²) in [6.07, 6.45) is 3.01. The van der Waals surface area contributed by atoms with Gasteiger partial charge in [0.1, 0.15) is 5.75 Å². The molecule has 0 saturated carbocycles. The highest BCUT2D eigenvalue weighted by atomic mass is 35.5. The smallest absolute Gasteiger partial charge is 0.190 e. The van der Waals surface area contributed by atoms with Crippen LogP contribution in [0.4, 0.5) is 0 Å². The van der Waals surface area contributed by atoms with Crippen LogP contribution in [-0.4, -0.2) is 29.9 Å². The van der Waals surface area contributed by atoms with Gasteiger partial charge in [-0.3, -0.25) is 4.79 Å². The van der Waals surface area contributed by atoms with E-state index in [2.05, 4.69) is 0 Å². The molecule has 4 heteroatoms. The lowest BCUT2D eigenvalue weighted by molar-refractivity contribution is 0.104. The van der Waals surface area contributed by atoms with Crippen molar-refractivity contribution in [3.05, 3.63) is 41.1 Å². The van der Waals surface area contributed by atoms with Crippen molar-refractivity contribution in [3.63, 3.8) is 0 Å². The fourth-order valence-corrected chi connectivity index (χ4v) is 1.19. The van der Waals surface area contributed by atoms with E-state index < -0.39 is 0 Å². The van der Waals surface area contributed by atoms with E-state index in [9.17, 15) is 9.90 Å². The standard InChI is InChI=1S/C11H12ClNO2/c1-13(2)6-5-10(14)9-4-3-8(12)7-11(9)15/h3-7,15H,1-2H3. The van der Waals surface area contributed by atoms with Gasteiger partial charge in [-0.25, -0.2) is 0 Å². The zero-order valence-electron chi connectivity index (χ0n) is 8.57. The highest BCUT2D eigenvalue weighted by molar-refractivity contribution is 6.31. The summed E-state index contributed by atoms with van der Waals surface area (Å²) in [4.78, 5) is 13.3. The number of halogens is 1. The first kappa shape index (κ1) is 11.6. The van der Waals surface area contributed by atoms with Gasteiger partial charge in [0.05, 0.1) is 5.56 Å². The van der Waals surface area contributed by atoms with E-state index in [4.69, 9.17) is 11.6 Å². The summed E-state index contributed by atoms with van der Waals surface area (Å²) in [5.41, 5.74) is 0.248. The van der Waals surface area contributed by atoms with Crippen molar-refractivity contribution in [2.24, 2.45) is 0 Å². The van der Waals surface area contributed by atoms with Crippen molar-refractivity contribution < 1.29 is 9.90 Å². The van der Waals surface area contributed by atoms with Gasteiger partial charge in [0, 0.05) is 31.4 Å². The summed E-state index contributed by atoms with van der Waals surface area (Å²) in [6.45, 7) is 0. The molecule has 1 aromatic carbocycles. The van der Waals surface area contributed by atoms with Crippen LogP contribution in [0.15, 0.2) is 30.5 Å². The van der Waals surface area contributed by atoms with E-state index in [1.807, 2.05) is 14.1 Å². The minimum Gasteiger partial charge on any atom is -0.507 e. The molecule has 1 rings (SSSR count). The van der Waals surface area contributed by atoms with Crippen molar-refractivity contribution in [1.82, 2.24) is 4.90 Å². The number of phenols is 1. The Hall–Kier alpha value is -1.48. The lowest BCUT2D eigenvalue weighted by Gasteiger charge is -2.04. The van der Waals surface area contributed by atoms with Gasteiger partial charge in [0.25, 0.3) is 0 Å². The molecule has 0 bridgehead atoms. The Labute approximate surface area is 93.6 Å². The summed E-state index contributed by atoms with van der Waals surface area (Å²) in [7, 11) is 3.62. The van der Waals surface area contributed by atoms with Crippen LogP contribution in [0.2, 0.25) is 5.02 Å². The largest absolute Gasteiger partial charge is 0.507 e. The average Bonchev–Trinajstić information content (AvgIpc) is 2.14. The molecule has 80 valence electrons. The van der Waals surface area contributed by atoms with Crippen LogP contribution in [0.3, 0.4) is 0 Å². The van der Waals surface area contributed by atoms with Crippen LogP contribution in [0, 0.1) is 0 Å². The molecule has 0 spiro atoms. The monoisotopic (exact) mass is 225 g/mol. The van der Waals surface area contributed by atoms with Crippen LogP contribution in [0.1, 0.15) is 10.4 Å². The number of hydrogen-bond acceptors (Lipinski definition) is 3. The van der Waals surface area contributed by atoms with Gasteiger partial charge in [-0.15, -0.1) is 0 Å². The molecule has 0 unspecified atom stereocenters. The maximum atomic E-state index is 11.6. The number of allylic oxidation sites excluding steroid dienone is 1. The van der Waals surface area contributed by atoms with Crippen molar-refractivity contribution in [1.29, 1.82) is 0 Å². The van der Waals surface area contributed by atoms with Gasteiger partial charge in [0.15, 0.2) is 5.78 Å². The molecule has 15 heavy (non-hydrogen) atoms. The third-order valence-corrected chi connectivity index (χ3v) is 1.98. The quantitative estimate of drug-likeness (QED) is 0.634. The number of benzene rings is 1. The van der Waals surface area contributed by atoms with Crippen molar-refractivity contribution >= 4 is 17.4 Å². The Morgan fingerprint density at radius 1 is 1.47 bits per heavy atom. The van der Waals surface area contributed by atoms with Gasteiger partial charge in [0.2, 0.25) is 0 Å². The maximum Gasteiger partial charge on any atom is 0.190 e. The number of aromatic hydroxyl groups is 1. The Balaban J connectivity index is 2.92. The maximum absolute atomic E-state index is 11.6. The van der Waals surface area contributed by atoms with Gasteiger partial charge in [-0.05, 0) is 18.2 Å². The number of phenolic OH excluding ortho intramolecular Hbond substituents is 1. The van der Waals surface area contributed by atoms with Gasteiger partial charge < -0.3 is 10.0 Å². The normalized spacial score (nSPS) is 10.6. The predicted octanol–water partition coefficient (Wildman–Crippen LogP) is 2.30. The lowest BCUT2D eigenvalue weighted by atomic mass is 10.1. The molecular formula is C11H12ClNO2. The first-order valence-corrected chi connectivity index (χ1v) is 4.76. The van der Waals surface area contributed by atoms with Crippen molar-refractivity contribution in [3.8, 4) is 5.75 Å². The first-order chi connectivity index (χ1) is 7.00. The van der Waals surface area contributed by atoms with Gasteiger partial charge in [-0.2, -0.15) is 0 Å². The molecule has 0 amide bonds. The molecule has 0 aliphatic heterocycles. The molecule has 0 radical (unpaired) electrons. The molecule has 3 nitrogen and oxygen atoms in total. The van der Waals surface area contributed by atoms with Crippen LogP contribution in [0.5, 0.6) is 5.75 Å². The zero-order valence-corrected chi connectivity index (χ0v) is 9.32. The molecule has 1 aromatic rings. The molecule has 0 saturated heterocycles. The Bertz CT molecular complexity index is 400. The molecule has 0 aromatic heterocycles. The highest BCUT2D eigenvalue weighted by Crippen LogP contribution is 2.22. The minimum atomic E-state index is -0.252. The number of carbonyl (C=O) groups is 1. The molecule has 1 N–H and O–H groups in total. The molecule has 0 fully saturated rings. The summed E-state index contributed by atoms with van der Waals surface area (Å²) in [6, 6.07) is 4.41. The summed E-state index contributed by atoms with van der Waals surface area (Å²) in [5.74, 6) is -0.353. The zero-order chi connectivity index (χ0) is 11.4. The number of carbonyl (C=O) groups excluding carboxylic acids is 1. The van der Waals surface area contributed by atoms with Crippen LogP contribution < -0.4 is 0 Å². The van der Waals surface area contributed by atoms with E-state index in [1.165, 1.54) is 18.2 Å². The number of hydrogen-bond donors (Lipinski definition) is 1. The molecular weight excluding hydrogens is 214 g/mol. The highest BCUT2D eigenvalue weighted by Gasteiger charge is 2.08. The second-order valence-electron chi connectivity index (χ2n) is 3.31. The van der Waals surface area contributed by atoms with E-state index in [0.717, 1.165) is 0 Å². The first-order valence-electron chi connectivity index (χ1n) is 4.38. The summed E-state index contributed by atoms with van der Waals surface area (Å²) in [5, 5.41) is 9.88. The molecule has 0 aliphatic carbocycles. The van der Waals surface area contributed by atoms with Gasteiger partial charge >= 0.3 is 0 Å². The summed E-state index contributed by atoms with van der Waals surface area (Å²) < 4.78 is 0. The van der Waals surface area contributed by atoms with E-state index in [1.54, 1.807) is 17.2 Å². The molecule has 0 heterocycles. The second kappa shape index (κ2) is 4.84. The van der Waals surface area contributed by atoms with Crippen molar-refractivity contribution in [2.45, 2.75) is 0 Å². The Morgan fingerprint density at radius 2 is 2.13 bits per heavy atom. The number of ketones is 1. The van der Waals surface area contributed by atoms with E-state index in [0.29, 0.717) is 5.02 Å². The van der Waals surface area contributed by atoms with Crippen LogP contribution in [0.25, 0.3) is 0 Å². The lowest BCUT2D eigenvalue weighted by Crippen LogP contribution is -2.03. The number of rotatable bonds is 3. The third-order valence-electron chi connectivity index (χ3n) is 1.75. The Morgan fingerprint density at radius 3 is 2.67 bits per heavy atom. The van der Waals surface area contributed by atoms with Crippen molar-refractivity contribution in [2.75, 3.05) is 14.1 Å². The SMILES string of the molecule is CN(C)C=CC(=O)c1ccc(Cl)cc1O. The second-order valence-corrected chi connectivity index (χ2v) is 3.74. The molecule has 0 atom stereocenters. The van der Waals surface area contributed by atoms with Crippen LogP contribution >= 0.6 is 11.6 Å². The number of nitrogens with zero attached hydrogens (tertiary/aromatic N) is 1.